The third-order valence-electron chi connectivity index (χ3n) is 5.41. The fourth-order valence-corrected chi connectivity index (χ4v) is 2.94. The van der Waals surface area contributed by atoms with Crippen molar-refractivity contribution in [2.24, 2.45) is 0 Å². The molecule has 0 heterocycles. The maximum atomic E-state index is 14.4. The summed E-state index contributed by atoms with van der Waals surface area (Å²) < 4.78 is 19.9. The zero-order valence-electron chi connectivity index (χ0n) is 15.8. The lowest BCUT2D eigenvalue weighted by Gasteiger charge is -2.38. The lowest BCUT2D eigenvalue weighted by Crippen LogP contribution is -2.53. The first kappa shape index (κ1) is 20.4. The highest BCUT2D eigenvalue weighted by Crippen LogP contribution is 2.25. The predicted molar refractivity (Wildman–Crippen MR) is 99.2 cm³/mol. The maximum Gasteiger partial charge on any atom is 0.494 e. The molecular weight excluding hydrogens is 320 g/mol. The van der Waals surface area contributed by atoms with Gasteiger partial charge >= 0.3 is 7.12 Å². The van der Waals surface area contributed by atoms with Gasteiger partial charge in [0.25, 0.3) is 0 Å². The third kappa shape index (κ3) is 5.51. The first-order valence-electron chi connectivity index (χ1n) is 9.20. The van der Waals surface area contributed by atoms with Crippen molar-refractivity contribution in [1.82, 2.24) is 5.32 Å². The van der Waals surface area contributed by atoms with E-state index in [0.717, 1.165) is 5.56 Å². The second kappa shape index (κ2) is 8.17. The monoisotopic (exact) mass is 351 g/mol. The molecule has 140 valence electrons. The van der Waals surface area contributed by atoms with Crippen LogP contribution in [0.25, 0.3) is 0 Å². The number of hydrogen-bond acceptors (Lipinski definition) is 4. The summed E-state index contributed by atoms with van der Waals surface area (Å²) in [5, 5.41) is 23.8. The minimum Gasteiger partial charge on any atom is -0.423 e. The van der Waals surface area contributed by atoms with Gasteiger partial charge < -0.3 is 20.1 Å². The quantitative estimate of drug-likeness (QED) is 0.661. The molecule has 1 aromatic carbocycles. The molecule has 25 heavy (non-hydrogen) atoms. The van der Waals surface area contributed by atoms with Crippen LogP contribution in [0.15, 0.2) is 18.2 Å². The molecule has 0 atom stereocenters. The van der Waals surface area contributed by atoms with E-state index in [-0.39, 0.29) is 5.46 Å². The zero-order valence-corrected chi connectivity index (χ0v) is 15.8. The summed E-state index contributed by atoms with van der Waals surface area (Å²) in [6.07, 6.45) is 6.18. The average molecular weight is 351 g/mol. The van der Waals surface area contributed by atoms with Gasteiger partial charge in [-0.1, -0.05) is 31.4 Å². The highest BCUT2D eigenvalue weighted by molar-refractivity contribution is 6.60. The lowest BCUT2D eigenvalue weighted by molar-refractivity contribution is -0.0983. The normalized spacial score (nSPS) is 16.9. The number of nitrogens with one attached hydrogen (secondary N) is 1. The Bertz CT molecular complexity index is 568. The fourth-order valence-electron chi connectivity index (χ4n) is 2.94. The summed E-state index contributed by atoms with van der Waals surface area (Å²) in [7, 11) is -1.43. The summed E-state index contributed by atoms with van der Waals surface area (Å²) in [4.78, 5) is 0. The maximum absolute atomic E-state index is 14.4. The van der Waals surface area contributed by atoms with Gasteiger partial charge in [0.05, 0.1) is 11.2 Å². The first-order chi connectivity index (χ1) is 11.6. The van der Waals surface area contributed by atoms with Gasteiger partial charge in [0.1, 0.15) is 5.82 Å². The lowest BCUT2D eigenvalue weighted by atomic mass is 9.76. The molecule has 0 unspecified atom stereocenters. The number of hydrogen-bond donors (Lipinski definition) is 3. The molecule has 0 amide bonds. The Labute approximate surface area is 150 Å². The second-order valence-corrected chi connectivity index (χ2v) is 8.11. The molecule has 1 aliphatic rings. The molecule has 1 aromatic rings. The second-order valence-electron chi connectivity index (χ2n) is 8.11. The average Bonchev–Trinajstić information content (AvgIpc) is 2.52. The van der Waals surface area contributed by atoms with Crippen molar-refractivity contribution < 1.29 is 19.2 Å². The van der Waals surface area contributed by atoms with Gasteiger partial charge in [0.2, 0.25) is 0 Å². The van der Waals surface area contributed by atoms with Gasteiger partial charge in [-0.25, -0.2) is 4.39 Å². The molecule has 0 aliphatic heterocycles. The van der Waals surface area contributed by atoms with Crippen LogP contribution in [0.5, 0.6) is 0 Å². The summed E-state index contributed by atoms with van der Waals surface area (Å²) in [6.45, 7) is 7.13. The predicted octanol–water partition coefficient (Wildman–Crippen LogP) is 2.50. The Morgan fingerprint density at radius 3 is 2.40 bits per heavy atom. The largest absolute Gasteiger partial charge is 0.494 e. The van der Waals surface area contributed by atoms with Crippen LogP contribution in [-0.4, -0.2) is 34.5 Å². The molecule has 1 fully saturated rings. The van der Waals surface area contributed by atoms with Gasteiger partial charge in [0, 0.05) is 18.0 Å². The van der Waals surface area contributed by atoms with Crippen LogP contribution in [0.2, 0.25) is 0 Å². The zero-order chi connectivity index (χ0) is 18.7. The van der Waals surface area contributed by atoms with E-state index in [1.54, 1.807) is 39.8 Å². The molecule has 0 bridgehead atoms. The minimum absolute atomic E-state index is 0.0822. The van der Waals surface area contributed by atoms with Crippen LogP contribution in [0.1, 0.15) is 65.4 Å². The van der Waals surface area contributed by atoms with Gasteiger partial charge in [0.15, 0.2) is 0 Å². The SMILES string of the molecule is CC(C)(O)C(C)(C)OB(O)c1ccc(CNC2CCCCC2)cc1F. The standard InChI is InChI=1S/C19H31BFNO3/c1-18(2,23)19(3,4)25-20(24)16-11-10-14(12-17(16)21)13-22-15-8-6-5-7-9-15/h10-12,15,22-24H,5-9,13H2,1-4H3. The molecule has 0 saturated heterocycles. The Morgan fingerprint density at radius 2 is 1.84 bits per heavy atom. The minimum atomic E-state index is -1.43. The first-order valence-corrected chi connectivity index (χ1v) is 9.20. The van der Waals surface area contributed by atoms with Crippen molar-refractivity contribution in [3.05, 3.63) is 29.6 Å². The van der Waals surface area contributed by atoms with Crippen molar-refractivity contribution >= 4 is 12.6 Å². The number of benzene rings is 1. The Kier molecular flexibility index (Phi) is 6.65. The van der Waals surface area contributed by atoms with Crippen LogP contribution in [0.4, 0.5) is 4.39 Å². The van der Waals surface area contributed by atoms with Crippen LogP contribution >= 0.6 is 0 Å². The van der Waals surface area contributed by atoms with E-state index in [0.29, 0.717) is 12.6 Å². The highest BCUT2D eigenvalue weighted by atomic mass is 19.1. The fraction of sp³-hybridized carbons (Fsp3) is 0.684. The summed E-state index contributed by atoms with van der Waals surface area (Å²) in [5.74, 6) is -0.498. The van der Waals surface area contributed by atoms with Crippen molar-refractivity contribution in [2.75, 3.05) is 0 Å². The Balaban J connectivity index is 1.98. The van der Waals surface area contributed by atoms with E-state index in [2.05, 4.69) is 5.32 Å². The number of aliphatic hydroxyl groups is 1. The van der Waals surface area contributed by atoms with Crippen molar-refractivity contribution in [3.63, 3.8) is 0 Å². The molecule has 0 radical (unpaired) electrons. The number of rotatable bonds is 7. The summed E-state index contributed by atoms with van der Waals surface area (Å²) >= 11 is 0. The molecule has 2 rings (SSSR count). The van der Waals surface area contributed by atoms with Crippen molar-refractivity contribution in [1.29, 1.82) is 0 Å². The van der Waals surface area contributed by atoms with E-state index < -0.39 is 24.1 Å². The van der Waals surface area contributed by atoms with Crippen LogP contribution in [-0.2, 0) is 11.2 Å². The molecule has 1 aliphatic carbocycles. The highest BCUT2D eigenvalue weighted by Gasteiger charge is 2.40. The third-order valence-corrected chi connectivity index (χ3v) is 5.41. The van der Waals surface area contributed by atoms with Gasteiger partial charge in [-0.2, -0.15) is 0 Å². The number of halogens is 1. The molecule has 4 nitrogen and oxygen atoms in total. The van der Waals surface area contributed by atoms with E-state index in [4.69, 9.17) is 4.65 Å². The molecule has 0 spiro atoms. The van der Waals surface area contributed by atoms with Crippen LogP contribution in [0, 0.1) is 5.82 Å². The van der Waals surface area contributed by atoms with Gasteiger partial charge in [-0.3, -0.25) is 0 Å². The van der Waals surface area contributed by atoms with Crippen molar-refractivity contribution in [2.45, 2.75) is 83.6 Å². The molecular formula is C19H31BFNO3. The van der Waals surface area contributed by atoms with Crippen LogP contribution in [0.3, 0.4) is 0 Å². The summed E-state index contributed by atoms with van der Waals surface area (Å²) in [5.41, 5.74) is -1.27. The molecule has 3 N–H and O–H groups in total. The van der Waals surface area contributed by atoms with E-state index >= 15 is 0 Å². The molecule has 0 aromatic heterocycles. The van der Waals surface area contributed by atoms with E-state index in [1.165, 1.54) is 38.2 Å². The Morgan fingerprint density at radius 1 is 1.20 bits per heavy atom. The molecule has 6 heteroatoms. The van der Waals surface area contributed by atoms with Gasteiger partial charge in [-0.15, -0.1) is 0 Å². The van der Waals surface area contributed by atoms with E-state index in [1.807, 2.05) is 0 Å². The van der Waals surface area contributed by atoms with Crippen LogP contribution < -0.4 is 10.8 Å². The van der Waals surface area contributed by atoms with Crippen molar-refractivity contribution in [3.8, 4) is 0 Å². The van der Waals surface area contributed by atoms with Gasteiger partial charge in [-0.05, 0) is 52.2 Å². The van der Waals surface area contributed by atoms with E-state index in [9.17, 15) is 14.5 Å². The molecule has 1 saturated carbocycles. The smallest absolute Gasteiger partial charge is 0.423 e. The topological polar surface area (TPSA) is 61.7 Å². The summed E-state index contributed by atoms with van der Waals surface area (Å²) in [6, 6.07) is 5.31. The Hall–Kier alpha value is -0.945.